The number of hydrogen-bond donors (Lipinski definition) is 0. The van der Waals surface area contributed by atoms with Gasteiger partial charge in [0.05, 0.1) is 41.2 Å². The standard InChI is InChI=1S/C40H38N4O7S/c1-6-8-21-49-31-17-14-27(15-18-31)36-29(24-43(42-36)30-12-10-9-11-13-30)23-34-38(46)44-37(28-16-19-32(51-26(4)45)33(22-28)48-5)35(39(47)50-20-7-2)25(3)41-40(44)52-34/h7,9-19,22-24,37H,2,6,8,20-21H2,1,3-5H3/b34-23-. The average Bonchev–Trinajstić information content (AvgIpc) is 3.71. The van der Waals surface area contributed by atoms with Gasteiger partial charge in [-0.05, 0) is 73.5 Å². The number of benzene rings is 3. The maximum Gasteiger partial charge on any atom is 0.338 e. The molecule has 1 aliphatic rings. The smallest absolute Gasteiger partial charge is 0.338 e. The highest BCUT2D eigenvalue weighted by Gasteiger charge is 2.34. The third-order valence-corrected chi connectivity index (χ3v) is 9.26. The van der Waals surface area contributed by atoms with Crippen molar-refractivity contribution in [3.63, 3.8) is 0 Å². The Kier molecular flexibility index (Phi) is 10.9. The van der Waals surface area contributed by atoms with Crippen LogP contribution in [0.3, 0.4) is 0 Å². The minimum Gasteiger partial charge on any atom is -0.494 e. The fourth-order valence-electron chi connectivity index (χ4n) is 5.82. The van der Waals surface area contributed by atoms with Gasteiger partial charge in [0.25, 0.3) is 5.56 Å². The summed E-state index contributed by atoms with van der Waals surface area (Å²) < 4.78 is 25.9. The molecule has 6 rings (SSSR count). The molecule has 12 heteroatoms. The van der Waals surface area contributed by atoms with Crippen molar-refractivity contribution >= 4 is 29.4 Å². The fourth-order valence-corrected chi connectivity index (χ4v) is 6.86. The van der Waals surface area contributed by atoms with Crippen LogP contribution in [0.5, 0.6) is 17.2 Å². The number of carbonyl (C=O) groups excluding carboxylic acids is 2. The molecular formula is C40H38N4O7S. The highest BCUT2D eigenvalue weighted by molar-refractivity contribution is 7.07. The summed E-state index contributed by atoms with van der Waals surface area (Å²) in [5.41, 5.74) is 3.82. The number of methoxy groups -OCH3 is 1. The van der Waals surface area contributed by atoms with Crippen molar-refractivity contribution in [2.45, 2.75) is 39.7 Å². The first kappa shape index (κ1) is 35.8. The summed E-state index contributed by atoms with van der Waals surface area (Å²) >= 11 is 1.20. The minimum atomic E-state index is -0.928. The van der Waals surface area contributed by atoms with Gasteiger partial charge >= 0.3 is 11.9 Å². The van der Waals surface area contributed by atoms with E-state index in [2.05, 4.69) is 13.5 Å². The number of para-hydroxylation sites is 1. The molecular weight excluding hydrogens is 681 g/mol. The van der Waals surface area contributed by atoms with Gasteiger partial charge in [-0.1, -0.05) is 61.6 Å². The van der Waals surface area contributed by atoms with E-state index in [1.807, 2.05) is 60.8 Å². The lowest BCUT2D eigenvalue weighted by molar-refractivity contribution is -0.138. The Morgan fingerprint density at radius 2 is 1.81 bits per heavy atom. The summed E-state index contributed by atoms with van der Waals surface area (Å²) in [4.78, 5) is 44.9. The van der Waals surface area contributed by atoms with Crippen LogP contribution in [0.15, 0.2) is 113 Å². The van der Waals surface area contributed by atoms with E-state index in [-0.39, 0.29) is 29.2 Å². The number of thiazole rings is 1. The number of carbonyl (C=O) groups is 2. The summed E-state index contributed by atoms with van der Waals surface area (Å²) in [6.45, 7) is 9.38. The predicted molar refractivity (Wildman–Crippen MR) is 199 cm³/mol. The first-order chi connectivity index (χ1) is 25.2. The molecule has 0 saturated heterocycles. The van der Waals surface area contributed by atoms with Crippen molar-refractivity contribution < 1.29 is 28.5 Å². The van der Waals surface area contributed by atoms with Crippen LogP contribution in [0.25, 0.3) is 23.0 Å². The van der Waals surface area contributed by atoms with Gasteiger partial charge in [0, 0.05) is 24.2 Å². The lowest BCUT2D eigenvalue weighted by Crippen LogP contribution is -2.40. The van der Waals surface area contributed by atoms with E-state index in [0.717, 1.165) is 29.8 Å². The van der Waals surface area contributed by atoms with Gasteiger partial charge in [-0.15, -0.1) is 0 Å². The van der Waals surface area contributed by atoms with E-state index in [4.69, 9.17) is 29.0 Å². The number of fused-ring (bicyclic) bond motifs is 1. The lowest BCUT2D eigenvalue weighted by atomic mass is 9.95. The Morgan fingerprint density at radius 3 is 2.50 bits per heavy atom. The van der Waals surface area contributed by atoms with Gasteiger partial charge in [0.15, 0.2) is 16.3 Å². The van der Waals surface area contributed by atoms with Gasteiger partial charge in [-0.2, -0.15) is 5.10 Å². The second-order valence-electron chi connectivity index (χ2n) is 11.9. The molecule has 0 amide bonds. The van der Waals surface area contributed by atoms with E-state index in [1.54, 1.807) is 35.9 Å². The second-order valence-corrected chi connectivity index (χ2v) is 12.9. The van der Waals surface area contributed by atoms with Crippen LogP contribution in [0.4, 0.5) is 0 Å². The van der Waals surface area contributed by atoms with Crippen molar-refractivity contribution in [3.8, 4) is 34.2 Å². The van der Waals surface area contributed by atoms with Gasteiger partial charge < -0.3 is 18.9 Å². The number of esters is 2. The van der Waals surface area contributed by atoms with E-state index in [1.165, 1.54) is 36.0 Å². The number of hydrogen-bond acceptors (Lipinski definition) is 10. The summed E-state index contributed by atoms with van der Waals surface area (Å²) in [5.74, 6) is 0.0609. The lowest BCUT2D eigenvalue weighted by Gasteiger charge is -2.25. The summed E-state index contributed by atoms with van der Waals surface area (Å²) in [6, 6.07) is 21.4. The predicted octanol–water partition coefficient (Wildman–Crippen LogP) is 5.93. The third-order valence-electron chi connectivity index (χ3n) is 8.28. The Balaban J connectivity index is 1.51. The second kappa shape index (κ2) is 15.9. The molecule has 0 N–H and O–H groups in total. The summed E-state index contributed by atoms with van der Waals surface area (Å²) in [7, 11) is 1.44. The molecule has 1 aliphatic heterocycles. The maximum atomic E-state index is 14.5. The number of unbranched alkanes of at least 4 members (excludes halogenated alkanes) is 1. The molecule has 0 fully saturated rings. The Labute approximate surface area is 304 Å². The molecule has 52 heavy (non-hydrogen) atoms. The number of ether oxygens (including phenoxy) is 4. The first-order valence-electron chi connectivity index (χ1n) is 16.8. The highest BCUT2D eigenvalue weighted by Crippen LogP contribution is 2.36. The zero-order valence-corrected chi connectivity index (χ0v) is 30.1. The van der Waals surface area contributed by atoms with Crippen LogP contribution in [0.1, 0.15) is 50.8 Å². The first-order valence-corrected chi connectivity index (χ1v) is 17.6. The molecule has 1 unspecified atom stereocenters. The van der Waals surface area contributed by atoms with E-state index in [0.29, 0.717) is 38.5 Å². The van der Waals surface area contributed by atoms with Crippen LogP contribution in [0, 0.1) is 0 Å². The zero-order chi connectivity index (χ0) is 36.8. The van der Waals surface area contributed by atoms with Crippen LogP contribution >= 0.6 is 11.3 Å². The fraction of sp³-hybridized carbons (Fsp3) is 0.225. The van der Waals surface area contributed by atoms with Crippen LogP contribution in [-0.4, -0.2) is 46.6 Å². The normalized spacial score (nSPS) is 14.0. The molecule has 3 aromatic carbocycles. The van der Waals surface area contributed by atoms with Crippen LogP contribution < -0.4 is 29.1 Å². The van der Waals surface area contributed by atoms with E-state index < -0.39 is 18.0 Å². The highest BCUT2D eigenvalue weighted by atomic mass is 32.1. The molecule has 0 aliphatic carbocycles. The Hall–Kier alpha value is -6.01. The maximum absolute atomic E-state index is 14.5. The quantitative estimate of drug-likeness (QED) is 0.0636. The molecule has 266 valence electrons. The molecule has 1 atom stereocenters. The number of allylic oxidation sites excluding steroid dienone is 1. The van der Waals surface area contributed by atoms with Crippen molar-refractivity contribution in [2.24, 2.45) is 4.99 Å². The molecule has 0 bridgehead atoms. The largest absolute Gasteiger partial charge is 0.494 e. The molecule has 2 aromatic heterocycles. The van der Waals surface area contributed by atoms with Gasteiger partial charge in [-0.3, -0.25) is 14.2 Å². The van der Waals surface area contributed by atoms with Crippen LogP contribution in [0.2, 0.25) is 0 Å². The summed E-state index contributed by atoms with van der Waals surface area (Å²) in [6.07, 6.45) is 7.16. The van der Waals surface area contributed by atoms with Crippen LogP contribution in [-0.2, 0) is 14.3 Å². The van der Waals surface area contributed by atoms with Crippen molar-refractivity contribution in [1.82, 2.24) is 14.3 Å². The van der Waals surface area contributed by atoms with Gasteiger partial charge in [0.1, 0.15) is 18.1 Å². The minimum absolute atomic E-state index is 0.0263. The van der Waals surface area contributed by atoms with Crippen molar-refractivity contribution in [1.29, 1.82) is 0 Å². The molecule has 0 radical (unpaired) electrons. The molecule has 11 nitrogen and oxygen atoms in total. The summed E-state index contributed by atoms with van der Waals surface area (Å²) in [5, 5.41) is 4.94. The molecule has 0 saturated carbocycles. The molecule has 0 spiro atoms. The van der Waals surface area contributed by atoms with Gasteiger partial charge in [0.2, 0.25) is 0 Å². The molecule has 3 heterocycles. The number of rotatable bonds is 13. The average molecular weight is 719 g/mol. The Bertz CT molecular complexity index is 2340. The third kappa shape index (κ3) is 7.52. The van der Waals surface area contributed by atoms with E-state index >= 15 is 0 Å². The monoisotopic (exact) mass is 718 g/mol. The SMILES string of the molecule is C=CCOC(=O)C1=C(C)N=c2s/c(=C\c3cn(-c4ccccc4)nc3-c3ccc(OCCCC)cc3)c(=O)n2C1c1ccc(OC(C)=O)c(OC)c1. The topological polar surface area (TPSA) is 123 Å². The van der Waals surface area contributed by atoms with Crippen molar-refractivity contribution in [3.05, 3.63) is 134 Å². The molecule has 5 aromatic rings. The number of nitrogens with zero attached hydrogens (tertiary/aromatic N) is 4. The van der Waals surface area contributed by atoms with Gasteiger partial charge in [-0.25, -0.2) is 14.5 Å². The Morgan fingerprint density at radius 1 is 1.04 bits per heavy atom. The van der Waals surface area contributed by atoms with E-state index in [9.17, 15) is 14.4 Å². The zero-order valence-electron chi connectivity index (χ0n) is 29.3. The van der Waals surface area contributed by atoms with Crippen molar-refractivity contribution in [2.75, 3.05) is 20.3 Å². The number of aromatic nitrogens is 3.